The average Bonchev–Trinajstić information content (AvgIpc) is 2.39. The molecule has 0 aromatic heterocycles. The smallest absolute Gasteiger partial charge is 0.0424 e. The molecule has 1 atom stereocenters. The first-order valence-electron chi connectivity index (χ1n) is 6.59. The number of likely N-dealkylation sites (N-methyl/N-ethyl adjacent to an activating group) is 1. The number of nitrogens with two attached hydrogens (primary N) is 1. The number of halogens is 1. The lowest BCUT2D eigenvalue weighted by atomic mass is 10.1. The summed E-state index contributed by atoms with van der Waals surface area (Å²) in [7, 11) is 2.22. The minimum Gasteiger partial charge on any atom is -0.368 e. The van der Waals surface area contributed by atoms with Crippen molar-refractivity contribution >= 4 is 21.6 Å². The molecule has 1 saturated heterocycles. The molecule has 1 unspecified atom stereocenters. The molecule has 0 spiro atoms. The number of piperazine rings is 1. The first-order valence-corrected chi connectivity index (χ1v) is 7.38. The summed E-state index contributed by atoms with van der Waals surface area (Å²) in [5.74, 6) is 0. The number of nitrogens with zero attached hydrogens (tertiary/aromatic N) is 2. The fraction of sp³-hybridized carbons (Fsp3) is 0.571. The van der Waals surface area contributed by atoms with E-state index in [4.69, 9.17) is 5.73 Å². The van der Waals surface area contributed by atoms with Gasteiger partial charge >= 0.3 is 0 Å². The predicted octanol–water partition coefficient (Wildman–Crippen LogP) is 2.44. The number of hydrogen-bond donors (Lipinski definition) is 1. The molecule has 0 aliphatic carbocycles. The van der Waals surface area contributed by atoms with Gasteiger partial charge in [0, 0.05) is 42.4 Å². The monoisotopic (exact) mass is 311 g/mol. The van der Waals surface area contributed by atoms with Crippen molar-refractivity contribution in [2.45, 2.75) is 25.9 Å². The second-order valence-electron chi connectivity index (χ2n) is 4.97. The highest BCUT2D eigenvalue weighted by atomic mass is 79.9. The van der Waals surface area contributed by atoms with Gasteiger partial charge in [-0.25, -0.2) is 0 Å². The van der Waals surface area contributed by atoms with Crippen molar-refractivity contribution in [3.8, 4) is 0 Å². The maximum Gasteiger partial charge on any atom is 0.0424 e. The Balaban J connectivity index is 2.23. The second kappa shape index (κ2) is 6.04. The van der Waals surface area contributed by atoms with Crippen LogP contribution in [0.1, 0.15) is 18.9 Å². The van der Waals surface area contributed by atoms with Crippen LogP contribution in [0.15, 0.2) is 22.7 Å². The van der Waals surface area contributed by atoms with Gasteiger partial charge in [-0.2, -0.15) is 0 Å². The fourth-order valence-corrected chi connectivity index (χ4v) is 2.96. The van der Waals surface area contributed by atoms with Crippen LogP contribution in [0, 0.1) is 0 Å². The number of anilines is 1. The van der Waals surface area contributed by atoms with Gasteiger partial charge in [-0.05, 0) is 31.2 Å². The van der Waals surface area contributed by atoms with Crippen molar-refractivity contribution < 1.29 is 0 Å². The van der Waals surface area contributed by atoms with E-state index in [1.54, 1.807) is 0 Å². The molecule has 2 rings (SSSR count). The second-order valence-corrected chi connectivity index (χ2v) is 5.88. The quantitative estimate of drug-likeness (QED) is 0.930. The van der Waals surface area contributed by atoms with Crippen LogP contribution in [0.2, 0.25) is 0 Å². The van der Waals surface area contributed by atoms with Gasteiger partial charge in [0.15, 0.2) is 0 Å². The maximum atomic E-state index is 5.85. The van der Waals surface area contributed by atoms with Crippen molar-refractivity contribution in [1.82, 2.24) is 4.90 Å². The summed E-state index contributed by atoms with van der Waals surface area (Å²) in [5.41, 5.74) is 8.37. The van der Waals surface area contributed by atoms with E-state index in [0.29, 0.717) is 12.6 Å². The first-order chi connectivity index (χ1) is 8.65. The predicted molar refractivity (Wildman–Crippen MR) is 81.0 cm³/mol. The summed E-state index contributed by atoms with van der Waals surface area (Å²) < 4.78 is 1.13. The Morgan fingerprint density at radius 3 is 2.83 bits per heavy atom. The van der Waals surface area contributed by atoms with Gasteiger partial charge in [-0.1, -0.05) is 28.9 Å². The lowest BCUT2D eigenvalue weighted by molar-refractivity contribution is 0.213. The normalized spacial score (nSPS) is 21.3. The van der Waals surface area contributed by atoms with Crippen molar-refractivity contribution in [3.63, 3.8) is 0 Å². The van der Waals surface area contributed by atoms with Gasteiger partial charge in [0.25, 0.3) is 0 Å². The molecule has 2 N–H and O–H groups in total. The SMILES string of the molecule is CCC1CN(c2cc(Br)ccc2CN)CCN1C. The van der Waals surface area contributed by atoms with E-state index >= 15 is 0 Å². The van der Waals surface area contributed by atoms with Crippen molar-refractivity contribution in [2.24, 2.45) is 5.73 Å². The molecule has 100 valence electrons. The highest BCUT2D eigenvalue weighted by molar-refractivity contribution is 9.10. The summed E-state index contributed by atoms with van der Waals surface area (Å²) in [4.78, 5) is 4.93. The van der Waals surface area contributed by atoms with Crippen LogP contribution in [-0.2, 0) is 6.54 Å². The Morgan fingerprint density at radius 2 is 2.17 bits per heavy atom. The highest BCUT2D eigenvalue weighted by Crippen LogP contribution is 2.27. The van der Waals surface area contributed by atoms with Crippen LogP contribution in [0.3, 0.4) is 0 Å². The molecule has 1 aromatic carbocycles. The summed E-state index contributed by atoms with van der Waals surface area (Å²) in [5, 5.41) is 0. The van der Waals surface area contributed by atoms with Gasteiger partial charge in [-0.3, -0.25) is 4.90 Å². The molecule has 3 nitrogen and oxygen atoms in total. The van der Waals surface area contributed by atoms with Gasteiger partial charge < -0.3 is 10.6 Å². The highest BCUT2D eigenvalue weighted by Gasteiger charge is 2.24. The van der Waals surface area contributed by atoms with Gasteiger partial charge in [0.2, 0.25) is 0 Å². The van der Waals surface area contributed by atoms with E-state index in [1.807, 2.05) is 0 Å². The van der Waals surface area contributed by atoms with Crippen LogP contribution in [0.4, 0.5) is 5.69 Å². The van der Waals surface area contributed by atoms with E-state index < -0.39 is 0 Å². The molecule has 1 aliphatic heterocycles. The number of hydrogen-bond acceptors (Lipinski definition) is 3. The van der Waals surface area contributed by atoms with Crippen LogP contribution >= 0.6 is 15.9 Å². The fourth-order valence-electron chi connectivity index (χ4n) is 2.61. The van der Waals surface area contributed by atoms with E-state index in [-0.39, 0.29) is 0 Å². The lowest BCUT2D eigenvalue weighted by Crippen LogP contribution is -2.51. The molecular weight excluding hydrogens is 290 g/mol. The van der Waals surface area contributed by atoms with E-state index in [2.05, 4.69) is 57.9 Å². The zero-order valence-corrected chi connectivity index (χ0v) is 12.8. The summed E-state index contributed by atoms with van der Waals surface area (Å²) in [6.45, 7) is 6.16. The summed E-state index contributed by atoms with van der Waals surface area (Å²) in [6.07, 6.45) is 1.19. The van der Waals surface area contributed by atoms with Crippen LogP contribution in [-0.4, -0.2) is 37.6 Å². The first kappa shape index (κ1) is 13.8. The molecular formula is C14H22BrN3. The molecule has 0 bridgehead atoms. The molecule has 1 aliphatic rings. The van der Waals surface area contributed by atoms with Crippen LogP contribution in [0.25, 0.3) is 0 Å². The summed E-state index contributed by atoms with van der Waals surface area (Å²) in [6, 6.07) is 7.03. The molecule has 4 heteroatoms. The Kier molecular flexibility index (Phi) is 4.65. The largest absolute Gasteiger partial charge is 0.368 e. The molecule has 1 heterocycles. The molecule has 1 aromatic rings. The third kappa shape index (κ3) is 2.87. The number of benzene rings is 1. The van der Waals surface area contributed by atoms with E-state index in [1.165, 1.54) is 17.7 Å². The van der Waals surface area contributed by atoms with Crippen molar-refractivity contribution in [1.29, 1.82) is 0 Å². The average molecular weight is 312 g/mol. The van der Waals surface area contributed by atoms with E-state index in [0.717, 1.165) is 24.1 Å². The Morgan fingerprint density at radius 1 is 1.39 bits per heavy atom. The lowest BCUT2D eigenvalue weighted by Gasteiger charge is -2.41. The van der Waals surface area contributed by atoms with Gasteiger partial charge in [-0.15, -0.1) is 0 Å². The zero-order chi connectivity index (χ0) is 13.1. The van der Waals surface area contributed by atoms with Crippen molar-refractivity contribution in [3.05, 3.63) is 28.2 Å². The Bertz CT molecular complexity index is 408. The van der Waals surface area contributed by atoms with Gasteiger partial charge in [0.1, 0.15) is 0 Å². The standard InChI is InChI=1S/C14H22BrN3/c1-3-13-10-18(7-6-17(13)2)14-8-12(15)5-4-11(14)9-16/h4-5,8,13H,3,6-7,9-10,16H2,1-2H3. The maximum absolute atomic E-state index is 5.85. The molecule has 0 saturated carbocycles. The molecule has 18 heavy (non-hydrogen) atoms. The Hall–Kier alpha value is -0.580. The van der Waals surface area contributed by atoms with Crippen LogP contribution in [0.5, 0.6) is 0 Å². The molecule has 1 fully saturated rings. The van der Waals surface area contributed by atoms with Crippen molar-refractivity contribution in [2.75, 3.05) is 31.6 Å². The molecule has 0 radical (unpaired) electrons. The Labute approximate surface area is 118 Å². The molecule has 0 amide bonds. The topological polar surface area (TPSA) is 32.5 Å². The van der Waals surface area contributed by atoms with Gasteiger partial charge in [0.05, 0.1) is 0 Å². The zero-order valence-electron chi connectivity index (χ0n) is 11.2. The third-order valence-corrected chi connectivity index (χ3v) is 4.35. The minimum atomic E-state index is 0.603. The minimum absolute atomic E-state index is 0.603. The number of rotatable bonds is 3. The third-order valence-electron chi connectivity index (χ3n) is 3.86. The van der Waals surface area contributed by atoms with Crippen LogP contribution < -0.4 is 10.6 Å². The summed E-state index contributed by atoms with van der Waals surface area (Å²) >= 11 is 3.56. The van der Waals surface area contributed by atoms with E-state index in [9.17, 15) is 0 Å².